The van der Waals surface area contributed by atoms with E-state index in [0.717, 1.165) is 12.1 Å². The van der Waals surface area contributed by atoms with Gasteiger partial charge in [0.15, 0.2) is 0 Å². The van der Waals surface area contributed by atoms with Crippen LogP contribution in [0.2, 0.25) is 0 Å². The molecule has 0 aromatic heterocycles. The topological polar surface area (TPSA) is 0 Å². The number of fused-ring (bicyclic) bond motifs is 5. The minimum atomic E-state index is -4.51. The zero-order valence-corrected chi connectivity index (χ0v) is 13.0. The van der Waals surface area contributed by atoms with Crippen molar-refractivity contribution in [1.29, 1.82) is 0 Å². The monoisotopic (exact) mass is 364 g/mol. The van der Waals surface area contributed by atoms with Crippen LogP contribution in [0.15, 0.2) is 60.7 Å². The predicted octanol–water partition coefficient (Wildman–Crippen LogP) is 7.18. The van der Waals surface area contributed by atoms with Gasteiger partial charge in [0, 0.05) is 0 Å². The first-order chi connectivity index (χ1) is 12.2. The third kappa shape index (κ3) is 2.48. The van der Waals surface area contributed by atoms with Gasteiger partial charge in [0.2, 0.25) is 0 Å². The average molecular weight is 364 g/mol. The molecular weight excluding hydrogens is 354 g/mol. The standard InChI is InChI=1S/C20H10F6/c21-19(22,23)17-5-1-3-11-13-7-10-16-12(14(13)8-9-15(11)17)4-2-6-18(16)20(24,25)26/h1-10H. The fourth-order valence-electron chi connectivity index (χ4n) is 3.44. The molecular formula is C20H10F6. The highest BCUT2D eigenvalue weighted by Gasteiger charge is 2.33. The molecule has 0 saturated carbocycles. The summed E-state index contributed by atoms with van der Waals surface area (Å²) in [4.78, 5) is 0. The molecule has 0 atom stereocenters. The number of hydrogen-bond acceptors (Lipinski definition) is 0. The summed E-state index contributed by atoms with van der Waals surface area (Å²) in [6, 6.07) is 13.2. The van der Waals surface area contributed by atoms with Gasteiger partial charge in [0.05, 0.1) is 11.1 Å². The fraction of sp³-hybridized carbons (Fsp3) is 0.100. The largest absolute Gasteiger partial charge is 0.417 e. The highest BCUT2D eigenvalue weighted by molar-refractivity contribution is 6.18. The summed E-state index contributed by atoms with van der Waals surface area (Å²) in [7, 11) is 0. The fourth-order valence-corrected chi connectivity index (χ4v) is 3.44. The molecule has 0 spiro atoms. The molecule has 4 aromatic rings. The molecule has 0 saturated heterocycles. The Balaban J connectivity index is 2.13. The summed E-state index contributed by atoms with van der Waals surface area (Å²) in [5.41, 5.74) is -1.53. The van der Waals surface area contributed by atoms with E-state index in [1.165, 1.54) is 36.4 Å². The summed E-state index contributed by atoms with van der Waals surface area (Å²) in [5, 5.41) is 1.74. The molecule has 0 radical (unpaired) electrons. The minimum absolute atomic E-state index is 0.0267. The summed E-state index contributed by atoms with van der Waals surface area (Å²) < 4.78 is 79.4. The molecule has 0 aliphatic carbocycles. The van der Waals surface area contributed by atoms with E-state index in [4.69, 9.17) is 0 Å². The Bertz CT molecular complexity index is 1060. The van der Waals surface area contributed by atoms with Gasteiger partial charge in [0.1, 0.15) is 0 Å². The molecule has 6 heteroatoms. The Morgan fingerprint density at radius 3 is 1.04 bits per heavy atom. The van der Waals surface area contributed by atoms with Crippen LogP contribution in [0, 0.1) is 0 Å². The normalized spacial score (nSPS) is 13.0. The molecule has 132 valence electrons. The summed E-state index contributed by atoms with van der Waals surface area (Å²) in [5.74, 6) is 0. The van der Waals surface area contributed by atoms with Crippen molar-refractivity contribution in [3.8, 4) is 0 Å². The molecule has 0 aliphatic rings. The lowest BCUT2D eigenvalue weighted by Crippen LogP contribution is -2.06. The van der Waals surface area contributed by atoms with Gasteiger partial charge in [-0.05, 0) is 44.5 Å². The Morgan fingerprint density at radius 2 is 0.692 bits per heavy atom. The Labute approximate surface area is 143 Å². The highest BCUT2D eigenvalue weighted by Crippen LogP contribution is 2.41. The van der Waals surface area contributed by atoms with Crippen molar-refractivity contribution in [2.75, 3.05) is 0 Å². The van der Waals surface area contributed by atoms with Crippen LogP contribution in [0.5, 0.6) is 0 Å². The van der Waals surface area contributed by atoms with E-state index >= 15 is 0 Å². The first-order valence-corrected chi connectivity index (χ1v) is 7.69. The van der Waals surface area contributed by atoms with Crippen LogP contribution in [0.3, 0.4) is 0 Å². The van der Waals surface area contributed by atoms with Crippen LogP contribution < -0.4 is 0 Å². The first kappa shape index (κ1) is 16.7. The smallest absolute Gasteiger partial charge is 0.166 e. The van der Waals surface area contributed by atoms with Gasteiger partial charge < -0.3 is 0 Å². The third-order valence-corrected chi connectivity index (χ3v) is 4.53. The lowest BCUT2D eigenvalue weighted by molar-refractivity contribution is -0.137. The van der Waals surface area contributed by atoms with E-state index in [1.54, 1.807) is 12.1 Å². The Hall–Kier alpha value is -2.76. The van der Waals surface area contributed by atoms with Crippen molar-refractivity contribution in [1.82, 2.24) is 0 Å². The molecule has 0 unspecified atom stereocenters. The summed E-state index contributed by atoms with van der Waals surface area (Å²) in [6.07, 6.45) is -9.01. The van der Waals surface area contributed by atoms with Gasteiger partial charge in [-0.1, -0.05) is 48.5 Å². The van der Waals surface area contributed by atoms with Crippen LogP contribution in [0.25, 0.3) is 32.3 Å². The third-order valence-electron chi connectivity index (χ3n) is 4.53. The molecule has 0 amide bonds. The number of hydrogen-bond donors (Lipinski definition) is 0. The van der Waals surface area contributed by atoms with E-state index in [0.29, 0.717) is 21.5 Å². The second-order valence-electron chi connectivity index (χ2n) is 6.02. The maximum atomic E-state index is 13.2. The average Bonchev–Trinajstić information content (AvgIpc) is 2.58. The van der Waals surface area contributed by atoms with Gasteiger partial charge in [0.25, 0.3) is 0 Å². The molecule has 0 aliphatic heterocycles. The predicted molar refractivity (Wildman–Crippen MR) is 89.0 cm³/mol. The van der Waals surface area contributed by atoms with Crippen LogP contribution >= 0.6 is 0 Å². The van der Waals surface area contributed by atoms with Gasteiger partial charge in [-0.2, -0.15) is 26.3 Å². The maximum absolute atomic E-state index is 13.2. The minimum Gasteiger partial charge on any atom is -0.166 e. The zero-order chi connectivity index (χ0) is 18.7. The van der Waals surface area contributed by atoms with Gasteiger partial charge >= 0.3 is 12.4 Å². The summed E-state index contributed by atoms with van der Waals surface area (Å²) >= 11 is 0. The van der Waals surface area contributed by atoms with E-state index in [-0.39, 0.29) is 10.8 Å². The quantitative estimate of drug-likeness (QED) is 0.229. The van der Waals surface area contributed by atoms with Crippen LogP contribution in [-0.4, -0.2) is 0 Å². The molecule has 4 aromatic carbocycles. The SMILES string of the molecule is FC(F)(F)c1cccc2c1ccc1c3cccc(C(F)(F)F)c3ccc21. The van der Waals surface area contributed by atoms with Crippen molar-refractivity contribution in [3.63, 3.8) is 0 Å². The Morgan fingerprint density at radius 1 is 0.385 bits per heavy atom. The van der Waals surface area contributed by atoms with Crippen molar-refractivity contribution < 1.29 is 26.3 Å². The van der Waals surface area contributed by atoms with Crippen molar-refractivity contribution in [2.45, 2.75) is 12.4 Å². The molecule has 0 fully saturated rings. The zero-order valence-electron chi connectivity index (χ0n) is 13.0. The highest BCUT2D eigenvalue weighted by atomic mass is 19.4. The molecule has 0 nitrogen and oxygen atoms in total. The lowest BCUT2D eigenvalue weighted by atomic mass is 9.93. The van der Waals surface area contributed by atoms with Crippen molar-refractivity contribution in [3.05, 3.63) is 71.8 Å². The van der Waals surface area contributed by atoms with E-state index in [2.05, 4.69) is 0 Å². The second kappa shape index (κ2) is 5.37. The first-order valence-electron chi connectivity index (χ1n) is 7.69. The van der Waals surface area contributed by atoms with Crippen molar-refractivity contribution in [2.24, 2.45) is 0 Å². The molecule has 0 bridgehead atoms. The molecule has 0 heterocycles. The number of halogens is 6. The van der Waals surface area contributed by atoms with Crippen LogP contribution in [0.4, 0.5) is 26.3 Å². The maximum Gasteiger partial charge on any atom is 0.417 e. The number of alkyl halides is 6. The van der Waals surface area contributed by atoms with Crippen LogP contribution in [-0.2, 0) is 12.4 Å². The van der Waals surface area contributed by atoms with Gasteiger partial charge in [-0.25, -0.2) is 0 Å². The van der Waals surface area contributed by atoms with Crippen molar-refractivity contribution >= 4 is 32.3 Å². The van der Waals surface area contributed by atoms with Gasteiger partial charge in [-0.15, -0.1) is 0 Å². The van der Waals surface area contributed by atoms with E-state index in [1.807, 2.05) is 0 Å². The van der Waals surface area contributed by atoms with E-state index in [9.17, 15) is 26.3 Å². The van der Waals surface area contributed by atoms with Crippen LogP contribution in [0.1, 0.15) is 11.1 Å². The van der Waals surface area contributed by atoms with E-state index < -0.39 is 23.5 Å². The number of benzene rings is 4. The summed E-state index contributed by atoms with van der Waals surface area (Å²) in [6.45, 7) is 0. The Kier molecular flexibility index (Phi) is 3.45. The molecule has 4 rings (SSSR count). The van der Waals surface area contributed by atoms with Gasteiger partial charge in [-0.3, -0.25) is 0 Å². The number of rotatable bonds is 0. The molecule has 0 N–H and O–H groups in total. The second-order valence-corrected chi connectivity index (χ2v) is 6.02. The lowest BCUT2D eigenvalue weighted by Gasteiger charge is -2.15. The molecule has 26 heavy (non-hydrogen) atoms.